The van der Waals surface area contributed by atoms with E-state index in [1.54, 1.807) is 0 Å². The number of imide groups is 1. The molecule has 2 rings (SSSR count). The van der Waals surface area contributed by atoms with Gasteiger partial charge in [-0.2, -0.15) is 0 Å². The van der Waals surface area contributed by atoms with Gasteiger partial charge in [0.25, 0.3) is 0 Å². The molecular weight excluding hydrogens is 314 g/mol. The topological polar surface area (TPSA) is 54.5 Å². The molecule has 1 aliphatic heterocycles. The van der Waals surface area contributed by atoms with Crippen molar-refractivity contribution in [3.05, 3.63) is 0 Å². The summed E-state index contributed by atoms with van der Waals surface area (Å²) in [5.74, 6) is 0.976. The summed E-state index contributed by atoms with van der Waals surface area (Å²) in [4.78, 5) is 38.1. The standard InChI is InChI=1S/C21H35NO3/c1-4-6-7-14-21(3,5-2)20(25)17-10-8-16(9-11-17)15-22-18(23)12-13-19(22)24/h16-17H,4-15H2,1-3H3. The Labute approximate surface area is 152 Å². The second kappa shape index (κ2) is 8.95. The molecule has 0 aromatic carbocycles. The molecule has 1 atom stereocenters. The first-order chi connectivity index (χ1) is 11.9. The smallest absolute Gasteiger partial charge is 0.229 e. The minimum absolute atomic E-state index is 0.0160. The van der Waals surface area contributed by atoms with Crippen LogP contribution in [0.25, 0.3) is 0 Å². The molecule has 1 heterocycles. The highest BCUT2D eigenvalue weighted by Gasteiger charge is 2.38. The highest BCUT2D eigenvalue weighted by molar-refractivity contribution is 6.01. The lowest BCUT2D eigenvalue weighted by Gasteiger charge is -2.35. The predicted octanol–water partition coefficient (Wildman–Crippen LogP) is 4.51. The van der Waals surface area contributed by atoms with Crippen LogP contribution in [-0.2, 0) is 14.4 Å². The van der Waals surface area contributed by atoms with E-state index in [4.69, 9.17) is 0 Å². The quantitative estimate of drug-likeness (QED) is 0.455. The molecule has 1 unspecified atom stereocenters. The fraction of sp³-hybridized carbons (Fsp3) is 0.857. The van der Waals surface area contributed by atoms with E-state index in [1.807, 2.05) is 0 Å². The van der Waals surface area contributed by atoms with Crippen molar-refractivity contribution in [1.82, 2.24) is 4.90 Å². The molecule has 25 heavy (non-hydrogen) atoms. The lowest BCUT2D eigenvalue weighted by atomic mass is 9.69. The summed E-state index contributed by atoms with van der Waals surface area (Å²) in [6.45, 7) is 7.06. The van der Waals surface area contributed by atoms with Crippen LogP contribution in [0, 0.1) is 17.3 Å². The van der Waals surface area contributed by atoms with Crippen LogP contribution in [0.3, 0.4) is 0 Å². The minimum atomic E-state index is -0.173. The lowest BCUT2D eigenvalue weighted by molar-refractivity contribution is -0.140. The van der Waals surface area contributed by atoms with Crippen molar-refractivity contribution in [1.29, 1.82) is 0 Å². The van der Waals surface area contributed by atoms with Gasteiger partial charge in [-0.1, -0.05) is 40.0 Å². The first-order valence-corrected chi connectivity index (χ1v) is 10.3. The predicted molar refractivity (Wildman–Crippen MR) is 98.9 cm³/mol. The van der Waals surface area contributed by atoms with Crippen molar-refractivity contribution in [2.45, 2.75) is 91.4 Å². The zero-order chi connectivity index (χ0) is 18.4. The van der Waals surface area contributed by atoms with E-state index in [0.29, 0.717) is 31.1 Å². The van der Waals surface area contributed by atoms with E-state index >= 15 is 0 Å². The van der Waals surface area contributed by atoms with Crippen LogP contribution in [0.5, 0.6) is 0 Å². The van der Waals surface area contributed by atoms with Gasteiger partial charge in [-0.05, 0) is 44.4 Å². The largest absolute Gasteiger partial charge is 0.299 e. The van der Waals surface area contributed by atoms with Crippen molar-refractivity contribution in [2.75, 3.05) is 6.54 Å². The van der Waals surface area contributed by atoms with Crippen LogP contribution in [0.15, 0.2) is 0 Å². The molecule has 0 aromatic heterocycles. The Bertz CT molecular complexity index is 477. The third-order valence-electron chi connectivity index (χ3n) is 6.52. The molecule has 0 aromatic rings. The monoisotopic (exact) mass is 349 g/mol. The zero-order valence-corrected chi connectivity index (χ0v) is 16.3. The van der Waals surface area contributed by atoms with E-state index in [-0.39, 0.29) is 23.1 Å². The molecule has 0 spiro atoms. The van der Waals surface area contributed by atoms with Gasteiger partial charge in [-0.3, -0.25) is 19.3 Å². The summed E-state index contributed by atoms with van der Waals surface area (Å²) < 4.78 is 0. The average molecular weight is 350 g/mol. The molecule has 0 radical (unpaired) electrons. The van der Waals surface area contributed by atoms with Gasteiger partial charge >= 0.3 is 0 Å². The maximum Gasteiger partial charge on any atom is 0.229 e. The van der Waals surface area contributed by atoms with Gasteiger partial charge in [0, 0.05) is 30.7 Å². The van der Waals surface area contributed by atoms with Gasteiger partial charge in [-0.15, -0.1) is 0 Å². The Hall–Kier alpha value is -1.19. The van der Waals surface area contributed by atoms with Crippen molar-refractivity contribution in [3.63, 3.8) is 0 Å². The fourth-order valence-corrected chi connectivity index (χ4v) is 4.42. The highest BCUT2D eigenvalue weighted by Crippen LogP contribution is 2.39. The summed E-state index contributed by atoms with van der Waals surface area (Å²) in [7, 11) is 0. The number of hydrogen-bond donors (Lipinski definition) is 0. The number of nitrogens with zero attached hydrogens (tertiary/aromatic N) is 1. The number of carbonyl (C=O) groups is 3. The van der Waals surface area contributed by atoms with Crippen molar-refractivity contribution < 1.29 is 14.4 Å². The zero-order valence-electron chi connectivity index (χ0n) is 16.3. The van der Waals surface area contributed by atoms with Crippen LogP contribution in [0.4, 0.5) is 0 Å². The summed E-state index contributed by atoms with van der Waals surface area (Å²) >= 11 is 0. The van der Waals surface area contributed by atoms with Gasteiger partial charge in [0.15, 0.2) is 0 Å². The number of Topliss-reactive ketones (excluding diaryl/α,β-unsaturated/α-hetero) is 1. The molecule has 142 valence electrons. The molecule has 0 bridgehead atoms. The number of rotatable bonds is 9. The van der Waals surface area contributed by atoms with Crippen molar-refractivity contribution in [3.8, 4) is 0 Å². The normalized spacial score (nSPS) is 26.8. The first kappa shape index (κ1) is 20.1. The number of carbonyl (C=O) groups excluding carboxylic acids is 3. The number of likely N-dealkylation sites (tertiary alicyclic amines) is 1. The maximum atomic E-state index is 13.1. The average Bonchev–Trinajstić information content (AvgIpc) is 2.93. The van der Waals surface area contributed by atoms with Gasteiger partial charge in [-0.25, -0.2) is 0 Å². The minimum Gasteiger partial charge on any atom is -0.299 e. The van der Waals surface area contributed by atoms with Crippen molar-refractivity contribution in [2.24, 2.45) is 17.3 Å². The van der Waals surface area contributed by atoms with E-state index in [9.17, 15) is 14.4 Å². The van der Waals surface area contributed by atoms with E-state index < -0.39 is 0 Å². The third kappa shape index (κ3) is 4.92. The maximum absolute atomic E-state index is 13.1. The van der Waals surface area contributed by atoms with E-state index in [0.717, 1.165) is 44.9 Å². The van der Waals surface area contributed by atoms with Crippen LogP contribution >= 0.6 is 0 Å². The summed E-state index contributed by atoms with van der Waals surface area (Å²) in [5.41, 5.74) is -0.173. The molecule has 4 heteroatoms. The van der Waals surface area contributed by atoms with Crippen LogP contribution in [0.1, 0.15) is 91.4 Å². The molecule has 2 amide bonds. The number of amides is 2. The van der Waals surface area contributed by atoms with Crippen LogP contribution in [0.2, 0.25) is 0 Å². The second-order valence-corrected chi connectivity index (χ2v) is 8.35. The Morgan fingerprint density at radius 3 is 2.16 bits per heavy atom. The molecule has 2 aliphatic rings. The van der Waals surface area contributed by atoms with Gasteiger partial charge in [0.2, 0.25) is 11.8 Å². The Kier molecular flexibility index (Phi) is 7.21. The fourth-order valence-electron chi connectivity index (χ4n) is 4.42. The summed E-state index contributed by atoms with van der Waals surface area (Å²) in [6.07, 6.45) is 9.97. The van der Waals surface area contributed by atoms with Crippen molar-refractivity contribution >= 4 is 17.6 Å². The second-order valence-electron chi connectivity index (χ2n) is 8.35. The molecular formula is C21H35NO3. The number of hydrogen-bond acceptors (Lipinski definition) is 3. The van der Waals surface area contributed by atoms with Gasteiger partial charge in [0.05, 0.1) is 0 Å². The Morgan fingerprint density at radius 1 is 1.04 bits per heavy atom. The molecule has 1 saturated heterocycles. The Balaban J connectivity index is 1.84. The summed E-state index contributed by atoms with van der Waals surface area (Å²) in [5, 5.41) is 0. The lowest BCUT2D eigenvalue weighted by Crippen LogP contribution is -2.38. The van der Waals surface area contributed by atoms with E-state index in [2.05, 4.69) is 20.8 Å². The molecule has 1 aliphatic carbocycles. The summed E-state index contributed by atoms with van der Waals surface area (Å²) in [6, 6.07) is 0. The number of ketones is 1. The van der Waals surface area contributed by atoms with E-state index in [1.165, 1.54) is 17.7 Å². The third-order valence-corrected chi connectivity index (χ3v) is 6.52. The molecule has 0 N–H and O–H groups in total. The SMILES string of the molecule is CCCCCC(C)(CC)C(=O)C1CCC(CN2C(=O)CCC2=O)CC1. The highest BCUT2D eigenvalue weighted by atomic mass is 16.2. The van der Waals surface area contributed by atoms with Gasteiger partial charge < -0.3 is 0 Å². The van der Waals surface area contributed by atoms with Crippen LogP contribution in [-0.4, -0.2) is 29.0 Å². The molecule has 4 nitrogen and oxygen atoms in total. The molecule has 1 saturated carbocycles. The van der Waals surface area contributed by atoms with Gasteiger partial charge in [0.1, 0.15) is 5.78 Å². The van der Waals surface area contributed by atoms with Crippen LogP contribution < -0.4 is 0 Å². The Morgan fingerprint density at radius 2 is 1.64 bits per heavy atom. The number of unbranched alkanes of at least 4 members (excludes halogenated alkanes) is 2. The first-order valence-electron chi connectivity index (χ1n) is 10.3. The molecule has 2 fully saturated rings.